The van der Waals surface area contributed by atoms with E-state index in [9.17, 15) is 0 Å². The van der Waals surface area contributed by atoms with Crippen LogP contribution in [0.5, 0.6) is 5.88 Å². The van der Waals surface area contributed by atoms with Crippen LogP contribution in [0.3, 0.4) is 0 Å². The first-order chi connectivity index (χ1) is 31.1. The number of anilines is 2. The van der Waals surface area contributed by atoms with E-state index in [4.69, 9.17) is 4.74 Å². The lowest BCUT2D eigenvalue weighted by atomic mass is 9.84. The van der Waals surface area contributed by atoms with Crippen molar-refractivity contribution >= 4 is 11.6 Å². The maximum Gasteiger partial charge on any atom is 0.215 e. The number of nitrogens with zero attached hydrogens (tertiary/aromatic N) is 5. The van der Waals surface area contributed by atoms with Crippen LogP contribution in [0, 0.1) is 11.8 Å². The van der Waals surface area contributed by atoms with E-state index in [-0.39, 0.29) is 21.7 Å². The molecule has 1 N–H and O–H groups in total. The topological polar surface area (TPSA) is 76.1 Å². The molecule has 0 aliphatic heterocycles. The highest BCUT2D eigenvalue weighted by atomic mass is 16.5. The van der Waals surface area contributed by atoms with Gasteiger partial charge in [0.15, 0.2) is 0 Å². The minimum absolute atomic E-state index is 0.117. The summed E-state index contributed by atoms with van der Waals surface area (Å²) < 4.78 is 5.27. The Bertz CT molecular complexity index is 2050. The maximum absolute atomic E-state index is 5.27. The Labute approximate surface area is 403 Å². The largest absolute Gasteiger partial charge is 0.481 e. The van der Waals surface area contributed by atoms with Crippen molar-refractivity contribution in [2.45, 2.75) is 226 Å². The molecule has 4 aromatic rings. The minimum Gasteiger partial charge on any atom is -0.481 e. The van der Waals surface area contributed by atoms with Crippen molar-refractivity contribution in [3.63, 3.8) is 0 Å². The summed E-state index contributed by atoms with van der Waals surface area (Å²) in [6, 6.07) is 18.8. The zero-order valence-corrected chi connectivity index (χ0v) is 44.3. The monoisotopic (exact) mass is 901 g/mol. The van der Waals surface area contributed by atoms with Crippen molar-refractivity contribution in [1.82, 2.24) is 19.9 Å². The van der Waals surface area contributed by atoms with Crippen LogP contribution in [0.4, 0.5) is 11.6 Å². The number of nitrogens with one attached hydrogen (secondary N) is 1. The van der Waals surface area contributed by atoms with Crippen LogP contribution in [0.25, 0.3) is 0 Å². The third-order valence-electron chi connectivity index (χ3n) is 14.5. The van der Waals surface area contributed by atoms with Gasteiger partial charge in [0.25, 0.3) is 0 Å². The second kappa shape index (κ2) is 23.8. The summed E-state index contributed by atoms with van der Waals surface area (Å²) in [5, 5.41) is 3.47. The first-order valence-electron chi connectivity index (χ1n) is 26.0. The van der Waals surface area contributed by atoms with Crippen LogP contribution in [0.2, 0.25) is 0 Å². The Balaban J connectivity index is 0.000000165. The number of ether oxygens (including phenoxy) is 1. The molecule has 0 radical (unpaired) electrons. The van der Waals surface area contributed by atoms with E-state index in [0.717, 1.165) is 23.5 Å². The molecule has 4 aliphatic carbocycles. The van der Waals surface area contributed by atoms with Gasteiger partial charge in [-0.25, -0.2) is 4.98 Å². The molecule has 0 spiro atoms. The number of aromatic nitrogens is 4. The standard InChI is InChI=1S/C16H25N.C15H23N.C14H22N2O.C14H22N2/c1-16(2,3)14-9-10-17-15(12-14)11-13-7-5-4-6-8-13;1-15(2,3)13-8-9-16-14(11-13)10-12-6-4-5-7-12;1-14(2,3)10-8-12(15-11-6-5-7-11)16-13(9-10)17-4;1-14(2,3)11-8-9-15-13(10-11)16(4)12-6-5-7-12/h9-10,12-13H,4-8,11H2,1-3H3;8-9,11-12H,4-7,10H2,1-3H3;8-9,11H,5-7H2,1-4H3,(H,15,16);8-10,12H,5-7H2,1-4H3. The molecule has 66 heavy (non-hydrogen) atoms. The maximum atomic E-state index is 5.27. The highest BCUT2D eigenvalue weighted by Crippen LogP contribution is 2.33. The quantitative estimate of drug-likeness (QED) is 0.179. The first kappa shape index (κ1) is 53.0. The van der Waals surface area contributed by atoms with Crippen molar-refractivity contribution < 1.29 is 4.74 Å². The van der Waals surface area contributed by atoms with Gasteiger partial charge < -0.3 is 15.0 Å². The summed E-state index contributed by atoms with van der Waals surface area (Å²) >= 11 is 0. The number of methoxy groups -OCH3 is 1. The molecule has 0 unspecified atom stereocenters. The van der Waals surface area contributed by atoms with Gasteiger partial charge in [0.2, 0.25) is 5.88 Å². The Hall–Kier alpha value is -4.00. The van der Waals surface area contributed by atoms with Gasteiger partial charge >= 0.3 is 0 Å². The number of hydrogen-bond donors (Lipinski definition) is 1. The van der Waals surface area contributed by atoms with Crippen LogP contribution in [0.1, 0.15) is 213 Å². The average Bonchev–Trinajstić information content (AvgIpc) is 3.75. The van der Waals surface area contributed by atoms with E-state index < -0.39 is 0 Å². The number of hydrogen-bond acceptors (Lipinski definition) is 7. The molecule has 0 saturated heterocycles. The fourth-order valence-electron chi connectivity index (χ4n) is 9.23. The third kappa shape index (κ3) is 17.0. The van der Waals surface area contributed by atoms with Crippen molar-refractivity contribution in [2.24, 2.45) is 11.8 Å². The van der Waals surface area contributed by atoms with Crippen molar-refractivity contribution in [2.75, 3.05) is 24.4 Å². The van der Waals surface area contributed by atoms with E-state index in [1.165, 1.54) is 143 Å². The molecule has 364 valence electrons. The summed E-state index contributed by atoms with van der Waals surface area (Å²) in [6.07, 6.45) is 28.8. The molecule has 0 aromatic carbocycles. The summed E-state index contributed by atoms with van der Waals surface area (Å²) in [6.45, 7) is 27.0. The number of rotatable bonds is 9. The Morgan fingerprint density at radius 1 is 0.515 bits per heavy atom. The molecular weight excluding hydrogens is 809 g/mol. The van der Waals surface area contributed by atoms with Gasteiger partial charge in [-0.3, -0.25) is 9.97 Å². The molecule has 0 atom stereocenters. The molecule has 4 aromatic heterocycles. The van der Waals surface area contributed by atoms with E-state index in [0.29, 0.717) is 18.0 Å². The zero-order valence-electron chi connectivity index (χ0n) is 44.3. The average molecular weight is 901 g/mol. The third-order valence-corrected chi connectivity index (χ3v) is 14.5. The molecule has 0 amide bonds. The normalized spacial score (nSPS) is 17.4. The lowest BCUT2D eigenvalue weighted by Gasteiger charge is -2.36. The predicted octanol–water partition coefficient (Wildman–Crippen LogP) is 15.3. The van der Waals surface area contributed by atoms with Gasteiger partial charge in [-0.1, -0.05) is 141 Å². The number of pyridine rings is 4. The highest BCUT2D eigenvalue weighted by molar-refractivity contribution is 5.45. The summed E-state index contributed by atoms with van der Waals surface area (Å²) in [5.41, 5.74) is 8.84. The smallest absolute Gasteiger partial charge is 0.215 e. The molecule has 4 saturated carbocycles. The lowest BCUT2D eigenvalue weighted by molar-refractivity contribution is 0.354. The van der Waals surface area contributed by atoms with Crippen LogP contribution in [-0.2, 0) is 34.5 Å². The van der Waals surface area contributed by atoms with E-state index in [2.05, 4.69) is 163 Å². The first-order valence-corrected chi connectivity index (χ1v) is 26.0. The molecule has 8 rings (SSSR count). The zero-order chi connectivity index (χ0) is 48.1. The Morgan fingerprint density at radius 2 is 0.955 bits per heavy atom. The van der Waals surface area contributed by atoms with Gasteiger partial charge in [-0.05, 0) is 150 Å². The van der Waals surface area contributed by atoms with Crippen molar-refractivity contribution in [3.05, 3.63) is 101 Å². The molecule has 7 heteroatoms. The van der Waals surface area contributed by atoms with Crippen LogP contribution in [-0.4, -0.2) is 46.2 Å². The highest BCUT2D eigenvalue weighted by Gasteiger charge is 2.25. The van der Waals surface area contributed by atoms with Gasteiger partial charge in [0.05, 0.1) is 7.11 Å². The fourth-order valence-corrected chi connectivity index (χ4v) is 9.23. The minimum atomic E-state index is 0.117. The van der Waals surface area contributed by atoms with Crippen LogP contribution < -0.4 is 15.0 Å². The van der Waals surface area contributed by atoms with E-state index in [1.807, 2.05) is 24.7 Å². The van der Waals surface area contributed by atoms with Crippen LogP contribution in [0.15, 0.2) is 67.1 Å². The molecule has 4 heterocycles. The summed E-state index contributed by atoms with van der Waals surface area (Å²) in [7, 11) is 3.83. The van der Waals surface area contributed by atoms with Crippen LogP contribution >= 0.6 is 0 Å². The lowest BCUT2D eigenvalue weighted by Crippen LogP contribution is -2.37. The van der Waals surface area contributed by atoms with Gasteiger partial charge in [0.1, 0.15) is 11.6 Å². The van der Waals surface area contributed by atoms with E-state index in [1.54, 1.807) is 7.11 Å². The Morgan fingerprint density at radius 3 is 1.36 bits per heavy atom. The van der Waals surface area contributed by atoms with Gasteiger partial charge in [-0.15, -0.1) is 0 Å². The predicted molar refractivity (Wildman–Crippen MR) is 282 cm³/mol. The van der Waals surface area contributed by atoms with Crippen molar-refractivity contribution in [1.29, 1.82) is 0 Å². The summed E-state index contributed by atoms with van der Waals surface area (Å²) in [5.74, 6) is 4.53. The SMILES string of the molecule is CC(C)(C)c1ccnc(CC2CCCC2)c1.CC(C)(C)c1ccnc(CC2CCCCC2)c1.CN(c1cc(C(C)(C)C)ccn1)C1CCC1.COc1cc(C(C)(C)C)cc(NC2CCC2)n1. The molecule has 0 bridgehead atoms. The van der Waals surface area contributed by atoms with Crippen molar-refractivity contribution in [3.8, 4) is 5.88 Å². The van der Waals surface area contributed by atoms with Gasteiger partial charge in [-0.2, -0.15) is 4.98 Å². The molecule has 7 nitrogen and oxygen atoms in total. The molecule has 4 aliphatic rings. The van der Waals surface area contributed by atoms with E-state index >= 15 is 0 Å². The summed E-state index contributed by atoms with van der Waals surface area (Å²) in [4.78, 5) is 20.3. The second-order valence-corrected chi connectivity index (χ2v) is 24.3. The van der Waals surface area contributed by atoms with Gasteiger partial charge in [0, 0.05) is 55.2 Å². The Kier molecular flexibility index (Phi) is 19.1. The molecular formula is C59H92N6O. The fraction of sp³-hybridized carbons (Fsp3) is 0.661. The molecule has 4 fully saturated rings. The second-order valence-electron chi connectivity index (χ2n) is 24.3.